The molecule has 0 aromatic heterocycles. The van der Waals surface area contributed by atoms with Crippen LogP contribution in [0.25, 0.3) is 0 Å². The van der Waals surface area contributed by atoms with E-state index in [2.05, 4.69) is 23.3 Å². The van der Waals surface area contributed by atoms with Crippen LogP contribution in [0.5, 0.6) is 0 Å². The van der Waals surface area contributed by atoms with Crippen LogP contribution in [0.4, 0.5) is 0 Å². The van der Waals surface area contributed by atoms with E-state index >= 15 is 0 Å². The molecule has 0 aliphatic carbocycles. The van der Waals surface area contributed by atoms with E-state index in [1.54, 1.807) is 0 Å². The van der Waals surface area contributed by atoms with Crippen molar-refractivity contribution in [3.63, 3.8) is 0 Å². The van der Waals surface area contributed by atoms with E-state index in [4.69, 9.17) is 0 Å². The zero-order valence-electron chi connectivity index (χ0n) is 30.5. The van der Waals surface area contributed by atoms with Gasteiger partial charge in [0.1, 0.15) is 0 Å². The smallest absolute Gasteiger partial charge is 0.539 e. The van der Waals surface area contributed by atoms with Gasteiger partial charge in [0.25, 0.3) is 0 Å². The molecule has 46 heavy (non-hydrogen) atoms. The molecule has 0 bridgehead atoms. The van der Waals surface area contributed by atoms with Crippen molar-refractivity contribution in [3.05, 3.63) is 0 Å². The summed E-state index contributed by atoms with van der Waals surface area (Å²) < 4.78 is 9.02. The van der Waals surface area contributed by atoms with Crippen molar-refractivity contribution >= 4 is 23.9 Å². The van der Waals surface area contributed by atoms with E-state index in [0.717, 1.165) is 38.5 Å². The first-order chi connectivity index (χ1) is 21.4. The van der Waals surface area contributed by atoms with Crippen molar-refractivity contribution in [3.8, 4) is 0 Å². The molecule has 0 aromatic carbocycles. The Bertz CT molecular complexity index is 620. The van der Waals surface area contributed by atoms with Gasteiger partial charge in [-0.1, -0.05) is 181 Å². The maximum Gasteiger partial charge on any atom is 1.00 e. The van der Waals surface area contributed by atoms with Crippen LogP contribution in [0.15, 0.2) is 0 Å². The van der Waals surface area contributed by atoms with Crippen molar-refractivity contribution in [1.29, 1.82) is 0 Å². The monoisotopic (exact) mass is 672 g/mol. The van der Waals surface area contributed by atoms with Crippen molar-refractivity contribution in [1.82, 2.24) is 0 Å². The van der Waals surface area contributed by atoms with E-state index in [9.17, 15) is 29.4 Å². The Morgan fingerprint density at radius 1 is 0.348 bits per heavy atom. The Morgan fingerprint density at radius 3 is 0.696 bits per heavy atom. The average molecular weight is 673 g/mol. The SMILES string of the molecule is CCCCCCCCCCCCCCCCOC(=O)C(=O)[O-].CCCCCCCCCCCCCCCCOC(=O)C(=O)[O-].[Na+].[Na+]. The summed E-state index contributed by atoms with van der Waals surface area (Å²) in [6.07, 6.45) is 35.2. The maximum absolute atomic E-state index is 10.6. The minimum Gasteiger partial charge on any atom is -0.539 e. The second kappa shape index (κ2) is 44.9. The van der Waals surface area contributed by atoms with Gasteiger partial charge in [-0.05, 0) is 12.8 Å². The first kappa shape index (κ1) is 52.7. The van der Waals surface area contributed by atoms with Crippen LogP contribution in [-0.4, -0.2) is 37.1 Å². The second-order valence-corrected chi connectivity index (χ2v) is 12.0. The van der Waals surface area contributed by atoms with Crippen LogP contribution < -0.4 is 69.3 Å². The minimum absolute atomic E-state index is 0. The van der Waals surface area contributed by atoms with Crippen molar-refractivity contribution < 1.29 is 98.0 Å². The number of carbonyl (C=O) groups is 4. The standard InChI is InChI=1S/2C18H34O4.2Na/c2*1-2-3-4-5-6-7-8-9-10-11-12-13-14-15-16-22-18(21)17(19)20;;/h2*2-16H2,1H3,(H,19,20);;/q;;2*+1/p-2. The van der Waals surface area contributed by atoms with E-state index in [1.165, 1.54) is 141 Å². The Labute approximate surface area is 326 Å². The molecule has 0 saturated heterocycles. The number of esters is 2. The molecule has 0 atom stereocenters. The van der Waals surface area contributed by atoms with Crippen LogP contribution in [0.2, 0.25) is 0 Å². The molecule has 10 heteroatoms. The molecule has 0 rings (SSSR count). The molecule has 0 N–H and O–H groups in total. The summed E-state index contributed by atoms with van der Waals surface area (Å²) in [7, 11) is 0. The van der Waals surface area contributed by atoms with Gasteiger partial charge >= 0.3 is 71.1 Å². The summed E-state index contributed by atoms with van der Waals surface area (Å²) >= 11 is 0. The van der Waals surface area contributed by atoms with Crippen LogP contribution in [-0.2, 0) is 28.7 Å². The van der Waals surface area contributed by atoms with Crippen LogP contribution in [0.1, 0.15) is 194 Å². The van der Waals surface area contributed by atoms with Gasteiger partial charge in [0, 0.05) is 0 Å². The van der Waals surface area contributed by atoms with E-state index in [1.807, 2.05) is 0 Å². The Hall–Kier alpha value is -0.120. The van der Waals surface area contributed by atoms with E-state index < -0.39 is 23.9 Å². The molecule has 0 spiro atoms. The Kier molecular flexibility index (Phi) is 51.4. The van der Waals surface area contributed by atoms with Crippen molar-refractivity contribution in [2.75, 3.05) is 13.2 Å². The molecule has 0 saturated carbocycles. The topological polar surface area (TPSA) is 133 Å². The maximum atomic E-state index is 10.6. The number of carboxylic acids is 2. The number of carbonyl (C=O) groups excluding carboxylic acids is 4. The number of hydrogen-bond donors (Lipinski definition) is 0. The number of rotatable bonds is 30. The van der Waals surface area contributed by atoms with Gasteiger partial charge in [-0.3, -0.25) is 0 Å². The molecule has 0 amide bonds. The quantitative estimate of drug-likeness (QED) is 0.0486. The molecule has 0 unspecified atom stereocenters. The molecule has 0 fully saturated rings. The second-order valence-electron chi connectivity index (χ2n) is 12.0. The van der Waals surface area contributed by atoms with Crippen LogP contribution >= 0.6 is 0 Å². The molecule has 8 nitrogen and oxygen atoms in total. The predicted octanol–water partition coefficient (Wildman–Crippen LogP) is 1.53. The van der Waals surface area contributed by atoms with Crippen LogP contribution in [0, 0.1) is 0 Å². The summed E-state index contributed by atoms with van der Waals surface area (Å²) in [4.78, 5) is 41.4. The fourth-order valence-corrected chi connectivity index (χ4v) is 5.04. The van der Waals surface area contributed by atoms with Gasteiger partial charge in [-0.25, -0.2) is 9.59 Å². The van der Waals surface area contributed by atoms with Gasteiger partial charge in [-0.2, -0.15) is 0 Å². The third-order valence-electron chi connectivity index (χ3n) is 7.80. The molecular weight excluding hydrogens is 606 g/mol. The largest absolute Gasteiger partial charge is 1.00 e. The molecule has 0 aromatic rings. The van der Waals surface area contributed by atoms with Gasteiger partial charge in [0.15, 0.2) is 11.9 Å². The summed E-state index contributed by atoms with van der Waals surface area (Å²) in [5.74, 6) is -6.03. The predicted molar refractivity (Wildman–Crippen MR) is 173 cm³/mol. The zero-order chi connectivity index (χ0) is 32.9. The first-order valence-corrected chi connectivity index (χ1v) is 18.1. The molecule has 0 aliphatic heterocycles. The Balaban J connectivity index is -0.000000367. The summed E-state index contributed by atoms with van der Waals surface area (Å²) in [5.41, 5.74) is 0. The van der Waals surface area contributed by atoms with Gasteiger partial charge < -0.3 is 29.3 Å². The molecule has 0 radical (unpaired) electrons. The third kappa shape index (κ3) is 46.0. The number of ether oxygens (including phenoxy) is 2. The summed E-state index contributed by atoms with van der Waals surface area (Å²) in [6.45, 7) is 4.87. The van der Waals surface area contributed by atoms with Gasteiger partial charge in [-0.15, -0.1) is 0 Å². The van der Waals surface area contributed by atoms with Gasteiger partial charge in [0.05, 0.1) is 13.2 Å². The number of aliphatic carboxylic acids is 2. The van der Waals surface area contributed by atoms with E-state index in [0.29, 0.717) is 0 Å². The fraction of sp³-hybridized carbons (Fsp3) is 0.889. The molecule has 260 valence electrons. The number of carboxylic acid groups (broad SMARTS) is 2. The summed E-state index contributed by atoms with van der Waals surface area (Å²) in [6, 6.07) is 0. The minimum atomic E-state index is -1.76. The zero-order valence-corrected chi connectivity index (χ0v) is 34.5. The molecule has 0 heterocycles. The van der Waals surface area contributed by atoms with E-state index in [-0.39, 0.29) is 72.3 Å². The van der Waals surface area contributed by atoms with Gasteiger partial charge in [0.2, 0.25) is 0 Å². The van der Waals surface area contributed by atoms with Crippen molar-refractivity contribution in [2.45, 2.75) is 194 Å². The fourth-order valence-electron chi connectivity index (χ4n) is 5.04. The van der Waals surface area contributed by atoms with Crippen molar-refractivity contribution in [2.24, 2.45) is 0 Å². The normalized spacial score (nSPS) is 10.1. The third-order valence-corrected chi connectivity index (χ3v) is 7.80. The molecular formula is C36H66Na2O8. The summed E-state index contributed by atoms with van der Waals surface area (Å²) in [5, 5.41) is 20.2. The van der Waals surface area contributed by atoms with Crippen LogP contribution in [0.3, 0.4) is 0 Å². The number of hydrogen-bond acceptors (Lipinski definition) is 8. The number of unbranched alkanes of at least 4 members (excludes halogenated alkanes) is 26. The first-order valence-electron chi connectivity index (χ1n) is 18.1. The average Bonchev–Trinajstić information content (AvgIpc) is 3.01. The molecule has 0 aliphatic rings. The Morgan fingerprint density at radius 2 is 0.522 bits per heavy atom.